The summed E-state index contributed by atoms with van der Waals surface area (Å²) in [5, 5.41) is 20.0. The summed E-state index contributed by atoms with van der Waals surface area (Å²) in [5.41, 5.74) is 18.5. The van der Waals surface area contributed by atoms with Gasteiger partial charge >= 0.3 is 0 Å². The summed E-state index contributed by atoms with van der Waals surface area (Å²) >= 11 is 0. The van der Waals surface area contributed by atoms with Gasteiger partial charge in [-0.05, 0) is 95.6 Å². The van der Waals surface area contributed by atoms with E-state index in [0.29, 0.717) is 11.1 Å². The Hall–Kier alpha value is -9.08. The molecule has 0 aromatic heterocycles. The predicted molar refractivity (Wildman–Crippen MR) is 280 cm³/mol. The number of rotatable bonds is 12. The highest BCUT2D eigenvalue weighted by Crippen LogP contribution is 2.45. The second-order valence-corrected chi connectivity index (χ2v) is 16.9. The molecule has 0 aliphatic rings. The first-order valence-electron chi connectivity index (χ1n) is 23.0. The Morgan fingerprint density at radius 3 is 1.07 bits per heavy atom. The molecule has 0 aliphatic heterocycles. The molecule has 0 saturated heterocycles. The van der Waals surface area contributed by atoms with Crippen LogP contribution >= 0.6 is 0 Å². The van der Waals surface area contributed by atoms with Crippen molar-refractivity contribution in [3.63, 3.8) is 0 Å². The molecule has 0 radical (unpaired) electrons. The minimum Gasteiger partial charge on any atom is -0.192 e. The fraction of sp³-hybridized carbons (Fsp3) is 0.0303. The monoisotopic (exact) mass is 866 g/mol. The Morgan fingerprint density at radius 1 is 0.279 bits per heavy atom. The molecule has 0 amide bonds. The van der Waals surface area contributed by atoms with Gasteiger partial charge in [-0.2, -0.15) is 10.5 Å². The van der Waals surface area contributed by atoms with Gasteiger partial charge < -0.3 is 0 Å². The lowest BCUT2D eigenvalue weighted by Gasteiger charge is -2.29. The van der Waals surface area contributed by atoms with Gasteiger partial charge in [0.05, 0.1) is 11.1 Å². The Labute approximate surface area is 399 Å². The van der Waals surface area contributed by atoms with E-state index in [1.54, 1.807) is 6.07 Å². The highest BCUT2D eigenvalue weighted by atomic mass is 14.3. The fourth-order valence-electron chi connectivity index (χ4n) is 9.76. The van der Waals surface area contributed by atoms with Crippen molar-refractivity contribution in [1.29, 1.82) is 10.5 Å². The molecule has 0 aliphatic carbocycles. The first-order chi connectivity index (χ1) is 33.7. The number of nitriles is 2. The molecule has 2 nitrogen and oxygen atoms in total. The zero-order chi connectivity index (χ0) is 46.1. The lowest BCUT2D eigenvalue weighted by molar-refractivity contribution is 0.694. The minimum atomic E-state index is 0.0511. The molecule has 1 unspecified atom stereocenters. The first kappa shape index (κ1) is 42.8. The van der Waals surface area contributed by atoms with E-state index in [2.05, 4.69) is 261 Å². The maximum atomic E-state index is 10.1. The quantitative estimate of drug-likeness (QED) is 0.115. The van der Waals surface area contributed by atoms with Gasteiger partial charge in [0.15, 0.2) is 0 Å². The van der Waals surface area contributed by atoms with Gasteiger partial charge in [-0.1, -0.05) is 255 Å². The Morgan fingerprint density at radius 2 is 0.647 bits per heavy atom. The van der Waals surface area contributed by atoms with E-state index in [9.17, 15) is 10.5 Å². The molecular formula is C66H46N2. The van der Waals surface area contributed by atoms with Gasteiger partial charge in [0.2, 0.25) is 0 Å². The molecule has 10 aromatic carbocycles. The third-order valence-corrected chi connectivity index (χ3v) is 12.9. The average Bonchev–Trinajstić information content (AvgIpc) is 3.43. The van der Waals surface area contributed by atoms with E-state index >= 15 is 0 Å². The summed E-state index contributed by atoms with van der Waals surface area (Å²) in [6.45, 7) is 0. The van der Waals surface area contributed by atoms with Gasteiger partial charge in [-0.3, -0.25) is 0 Å². The van der Waals surface area contributed by atoms with Crippen LogP contribution in [0.5, 0.6) is 0 Å². The minimum absolute atomic E-state index is 0.0511. The van der Waals surface area contributed by atoms with Crippen molar-refractivity contribution >= 4 is 11.1 Å². The summed E-state index contributed by atoms with van der Waals surface area (Å²) < 4.78 is 0. The maximum absolute atomic E-state index is 10.1. The topological polar surface area (TPSA) is 47.6 Å². The van der Waals surface area contributed by atoms with Crippen LogP contribution in [0.2, 0.25) is 0 Å². The summed E-state index contributed by atoms with van der Waals surface area (Å²) in [6, 6.07) is 99.1. The lowest BCUT2D eigenvalue weighted by atomic mass is 9.73. The van der Waals surface area contributed by atoms with Crippen molar-refractivity contribution in [2.45, 2.75) is 11.8 Å². The Bertz CT molecular complexity index is 3320. The van der Waals surface area contributed by atoms with Crippen LogP contribution in [0.3, 0.4) is 0 Å². The molecule has 0 fully saturated rings. The van der Waals surface area contributed by atoms with Crippen LogP contribution in [0.1, 0.15) is 67.5 Å². The van der Waals surface area contributed by atoms with Gasteiger partial charge in [-0.25, -0.2) is 0 Å². The summed E-state index contributed by atoms with van der Waals surface area (Å²) in [6.07, 6.45) is 0. The predicted octanol–water partition coefficient (Wildman–Crippen LogP) is 16.4. The van der Waals surface area contributed by atoms with E-state index < -0.39 is 0 Å². The Balaban J connectivity index is 1.17. The zero-order valence-electron chi connectivity index (χ0n) is 37.5. The normalized spacial score (nSPS) is 11.3. The van der Waals surface area contributed by atoms with E-state index in [0.717, 1.165) is 66.8 Å². The molecule has 0 bridgehead atoms. The summed E-state index contributed by atoms with van der Waals surface area (Å²) in [7, 11) is 0. The van der Waals surface area contributed by atoms with Crippen LogP contribution in [0.15, 0.2) is 267 Å². The van der Waals surface area contributed by atoms with Crippen LogP contribution in [0.25, 0.3) is 44.5 Å². The number of hydrogen-bond donors (Lipinski definition) is 0. The molecule has 0 N–H and O–H groups in total. The van der Waals surface area contributed by atoms with Crippen molar-refractivity contribution in [2.24, 2.45) is 0 Å². The second kappa shape index (κ2) is 20.0. The van der Waals surface area contributed by atoms with Crippen molar-refractivity contribution in [3.8, 4) is 45.5 Å². The maximum Gasteiger partial charge on any atom is 0.101 e. The van der Waals surface area contributed by atoms with Crippen molar-refractivity contribution < 1.29 is 0 Å². The van der Waals surface area contributed by atoms with Crippen molar-refractivity contribution in [2.75, 3.05) is 0 Å². The van der Waals surface area contributed by atoms with Gasteiger partial charge in [-0.15, -0.1) is 0 Å². The highest BCUT2D eigenvalue weighted by Gasteiger charge is 2.28. The van der Waals surface area contributed by atoms with E-state index in [1.165, 1.54) is 22.3 Å². The second-order valence-electron chi connectivity index (χ2n) is 16.9. The lowest BCUT2D eigenvalue weighted by Crippen LogP contribution is -2.14. The SMILES string of the molecule is N#Cc1cccc(-c2ccc(-c3cc(C(=C(c4ccccc4)c4ccccc4)c4ccccc4)ccc3-c3ccc(C(c4ccccc4)C(c4ccccc4)c4ccccc4)cc3)cc2)c1C#N. The summed E-state index contributed by atoms with van der Waals surface area (Å²) in [4.78, 5) is 0. The van der Waals surface area contributed by atoms with Crippen LogP contribution in [-0.4, -0.2) is 0 Å². The summed E-state index contributed by atoms with van der Waals surface area (Å²) in [5.74, 6) is 0.135. The molecule has 1 atom stereocenters. The molecule has 0 heterocycles. The number of nitrogens with zero attached hydrogens (tertiary/aromatic N) is 2. The molecule has 10 aromatic rings. The first-order valence-corrected chi connectivity index (χ1v) is 23.0. The third-order valence-electron chi connectivity index (χ3n) is 12.9. The van der Waals surface area contributed by atoms with Crippen LogP contribution in [0.4, 0.5) is 0 Å². The van der Waals surface area contributed by atoms with E-state index in [-0.39, 0.29) is 11.8 Å². The van der Waals surface area contributed by atoms with Gasteiger partial charge in [0, 0.05) is 17.4 Å². The fourth-order valence-corrected chi connectivity index (χ4v) is 9.76. The third kappa shape index (κ3) is 8.84. The molecule has 0 spiro atoms. The van der Waals surface area contributed by atoms with Gasteiger partial charge in [0.1, 0.15) is 12.1 Å². The average molecular weight is 867 g/mol. The molecule has 320 valence electrons. The number of benzene rings is 10. The van der Waals surface area contributed by atoms with Crippen molar-refractivity contribution in [1.82, 2.24) is 0 Å². The standard InChI is InChI=1S/C66H46N2/c67-45-58-32-19-33-59(62(58)46-68)47-34-36-49(37-35-47)61-44-57(66(55-30-17-6-18-31-55)64(52-24-11-3-12-25-52)53-26-13-4-14-27-53)42-43-60(61)48-38-40-56(41-39-48)65(54-28-15-5-16-29-54)63(50-20-7-1-8-21-50)51-22-9-2-10-23-51/h1-44,63,65H. The van der Waals surface area contributed by atoms with E-state index in [1.807, 2.05) is 12.1 Å². The molecule has 10 rings (SSSR count). The zero-order valence-corrected chi connectivity index (χ0v) is 37.5. The molecule has 0 saturated carbocycles. The van der Waals surface area contributed by atoms with Crippen LogP contribution in [-0.2, 0) is 0 Å². The smallest absolute Gasteiger partial charge is 0.101 e. The highest BCUT2D eigenvalue weighted by molar-refractivity contribution is 6.05. The van der Waals surface area contributed by atoms with Crippen LogP contribution in [0, 0.1) is 22.7 Å². The van der Waals surface area contributed by atoms with Crippen LogP contribution < -0.4 is 0 Å². The molecule has 2 heteroatoms. The number of hydrogen-bond acceptors (Lipinski definition) is 2. The molecule has 68 heavy (non-hydrogen) atoms. The van der Waals surface area contributed by atoms with Crippen molar-refractivity contribution in [3.05, 3.63) is 323 Å². The molecular weight excluding hydrogens is 821 g/mol. The largest absolute Gasteiger partial charge is 0.192 e. The Kier molecular flexibility index (Phi) is 12.6. The van der Waals surface area contributed by atoms with Gasteiger partial charge in [0.25, 0.3) is 0 Å². The van der Waals surface area contributed by atoms with E-state index in [4.69, 9.17) is 0 Å².